The molecule has 0 fully saturated rings. The van der Waals surface area contributed by atoms with Gasteiger partial charge in [-0.25, -0.2) is 4.79 Å². The lowest BCUT2D eigenvalue weighted by molar-refractivity contribution is 0.0944. The average molecular weight is 300 g/mol. The largest absolute Gasteiger partial charge is 0.324 e. The van der Waals surface area contributed by atoms with Crippen molar-refractivity contribution in [2.75, 3.05) is 6.54 Å². The van der Waals surface area contributed by atoms with Crippen LogP contribution in [0.15, 0.2) is 41.8 Å². The van der Waals surface area contributed by atoms with Crippen LogP contribution in [-0.2, 0) is 6.42 Å². The first-order valence-electron chi connectivity index (χ1n) is 6.90. The third-order valence-electron chi connectivity index (χ3n) is 3.79. The summed E-state index contributed by atoms with van der Waals surface area (Å²) in [4.78, 5) is 27.4. The summed E-state index contributed by atoms with van der Waals surface area (Å²) in [5.41, 5.74) is 1.68. The smallest absolute Gasteiger partial charge is 0.317 e. The van der Waals surface area contributed by atoms with Gasteiger partial charge in [-0.1, -0.05) is 18.2 Å². The third kappa shape index (κ3) is 2.69. The van der Waals surface area contributed by atoms with Gasteiger partial charge < -0.3 is 4.90 Å². The molecule has 0 aliphatic carbocycles. The highest BCUT2D eigenvalue weighted by Crippen LogP contribution is 2.32. The Morgan fingerprint density at radius 2 is 2.00 bits per heavy atom. The van der Waals surface area contributed by atoms with Crippen LogP contribution in [0.4, 0.5) is 4.79 Å². The van der Waals surface area contributed by atoms with E-state index in [2.05, 4.69) is 16.8 Å². The van der Waals surface area contributed by atoms with Crippen LogP contribution in [-0.4, -0.2) is 23.4 Å². The normalized spacial score (nSPS) is 17.2. The van der Waals surface area contributed by atoms with Gasteiger partial charge in [-0.05, 0) is 42.5 Å². The summed E-state index contributed by atoms with van der Waals surface area (Å²) in [6, 6.07) is 10.5. The molecule has 2 aromatic rings. The van der Waals surface area contributed by atoms with Gasteiger partial charge in [0.2, 0.25) is 0 Å². The molecule has 21 heavy (non-hydrogen) atoms. The zero-order valence-electron chi connectivity index (χ0n) is 11.7. The summed E-state index contributed by atoms with van der Waals surface area (Å²) in [5, 5.41) is 4.52. The molecule has 0 radical (unpaired) electrons. The van der Waals surface area contributed by atoms with Gasteiger partial charge in [-0.15, -0.1) is 11.3 Å². The van der Waals surface area contributed by atoms with E-state index >= 15 is 0 Å². The van der Waals surface area contributed by atoms with E-state index in [-0.39, 0.29) is 18.0 Å². The summed E-state index contributed by atoms with van der Waals surface area (Å²) in [5.74, 6) is -0.357. The lowest BCUT2D eigenvalue weighted by Gasteiger charge is -2.33. The number of nitrogens with one attached hydrogen (secondary N) is 1. The zero-order chi connectivity index (χ0) is 14.8. The highest BCUT2D eigenvalue weighted by atomic mass is 32.1. The molecule has 0 saturated carbocycles. The molecule has 108 valence electrons. The number of amides is 3. The van der Waals surface area contributed by atoms with Gasteiger partial charge in [0.1, 0.15) is 0 Å². The summed E-state index contributed by atoms with van der Waals surface area (Å²) < 4.78 is 0. The highest BCUT2D eigenvalue weighted by Gasteiger charge is 2.29. The molecule has 5 heteroatoms. The predicted molar refractivity (Wildman–Crippen MR) is 82.4 cm³/mol. The van der Waals surface area contributed by atoms with Crippen LogP contribution in [0.5, 0.6) is 0 Å². The monoisotopic (exact) mass is 300 g/mol. The number of hydrogen-bond acceptors (Lipinski definition) is 3. The molecule has 2 heterocycles. The van der Waals surface area contributed by atoms with Crippen molar-refractivity contribution in [1.29, 1.82) is 0 Å². The first-order chi connectivity index (χ1) is 10.2. The van der Waals surface area contributed by atoms with Crippen molar-refractivity contribution in [1.82, 2.24) is 10.2 Å². The molecule has 1 aliphatic rings. The molecule has 1 N–H and O–H groups in total. The van der Waals surface area contributed by atoms with Gasteiger partial charge in [0, 0.05) is 17.0 Å². The summed E-state index contributed by atoms with van der Waals surface area (Å²) in [6.45, 7) is 2.64. The fraction of sp³-hybridized carbons (Fsp3) is 0.250. The molecule has 3 amide bonds. The number of imide groups is 1. The summed E-state index contributed by atoms with van der Waals surface area (Å²) in [7, 11) is 0. The van der Waals surface area contributed by atoms with Crippen LogP contribution in [0.25, 0.3) is 0 Å². The van der Waals surface area contributed by atoms with Crippen molar-refractivity contribution in [3.8, 4) is 0 Å². The minimum atomic E-state index is -0.357. The Morgan fingerprint density at radius 1 is 1.24 bits per heavy atom. The first-order valence-corrected chi connectivity index (χ1v) is 7.78. The maximum Gasteiger partial charge on any atom is 0.324 e. The van der Waals surface area contributed by atoms with Gasteiger partial charge in [0.15, 0.2) is 0 Å². The Labute approximate surface area is 127 Å². The maximum absolute atomic E-state index is 12.3. The number of fused-ring (bicyclic) bond motifs is 1. The number of hydrogen-bond donors (Lipinski definition) is 1. The van der Waals surface area contributed by atoms with Crippen LogP contribution in [0.1, 0.15) is 33.8 Å². The van der Waals surface area contributed by atoms with Crippen molar-refractivity contribution in [2.45, 2.75) is 19.4 Å². The Hall–Kier alpha value is -2.14. The maximum atomic E-state index is 12.3. The number of urea groups is 1. The van der Waals surface area contributed by atoms with Crippen LogP contribution < -0.4 is 5.32 Å². The Kier molecular flexibility index (Phi) is 3.75. The summed E-state index contributed by atoms with van der Waals surface area (Å²) >= 11 is 1.73. The lowest BCUT2D eigenvalue weighted by Crippen LogP contribution is -2.46. The van der Waals surface area contributed by atoms with Crippen molar-refractivity contribution in [2.24, 2.45) is 0 Å². The third-order valence-corrected chi connectivity index (χ3v) is 4.79. The molecular formula is C16H16N2O2S. The van der Waals surface area contributed by atoms with E-state index in [1.165, 1.54) is 10.4 Å². The molecular weight excluding hydrogens is 284 g/mol. The number of thiophene rings is 1. The number of rotatable bonds is 1. The molecule has 0 spiro atoms. The van der Waals surface area contributed by atoms with Gasteiger partial charge >= 0.3 is 6.03 Å². The second kappa shape index (κ2) is 5.69. The molecule has 1 aliphatic heterocycles. The second-order valence-corrected chi connectivity index (χ2v) is 6.04. The number of carbonyl (C=O) groups is 2. The Morgan fingerprint density at radius 3 is 2.76 bits per heavy atom. The fourth-order valence-corrected chi connectivity index (χ4v) is 3.58. The number of nitrogens with zero attached hydrogens (tertiary/aromatic N) is 1. The Bertz CT molecular complexity index is 666. The van der Waals surface area contributed by atoms with Crippen LogP contribution >= 0.6 is 11.3 Å². The fourth-order valence-electron chi connectivity index (χ4n) is 2.62. The molecule has 1 aromatic carbocycles. The van der Waals surface area contributed by atoms with Gasteiger partial charge in [0.25, 0.3) is 5.91 Å². The number of carbonyl (C=O) groups excluding carboxylic acids is 2. The van der Waals surface area contributed by atoms with Crippen molar-refractivity contribution in [3.63, 3.8) is 0 Å². The molecule has 0 unspecified atom stereocenters. The molecule has 4 nitrogen and oxygen atoms in total. The lowest BCUT2D eigenvalue weighted by atomic mass is 10.0. The van der Waals surface area contributed by atoms with E-state index in [0.717, 1.165) is 6.42 Å². The van der Waals surface area contributed by atoms with Gasteiger partial charge in [-0.3, -0.25) is 10.1 Å². The quantitative estimate of drug-likeness (QED) is 0.879. The minimum absolute atomic E-state index is 0.00331. The van der Waals surface area contributed by atoms with Crippen molar-refractivity contribution in [3.05, 3.63) is 57.8 Å². The van der Waals surface area contributed by atoms with E-state index in [0.29, 0.717) is 12.1 Å². The van der Waals surface area contributed by atoms with Crippen molar-refractivity contribution < 1.29 is 9.59 Å². The summed E-state index contributed by atoms with van der Waals surface area (Å²) in [6.07, 6.45) is 0.851. The molecule has 0 bridgehead atoms. The minimum Gasteiger partial charge on any atom is -0.317 e. The van der Waals surface area contributed by atoms with E-state index in [9.17, 15) is 9.59 Å². The van der Waals surface area contributed by atoms with Gasteiger partial charge in [-0.2, -0.15) is 0 Å². The topological polar surface area (TPSA) is 49.4 Å². The molecule has 1 atom stereocenters. The van der Waals surface area contributed by atoms with E-state index in [1.54, 1.807) is 40.5 Å². The Balaban J connectivity index is 1.71. The van der Waals surface area contributed by atoms with E-state index < -0.39 is 0 Å². The molecule has 3 rings (SSSR count). The van der Waals surface area contributed by atoms with E-state index in [4.69, 9.17) is 0 Å². The van der Waals surface area contributed by atoms with Crippen molar-refractivity contribution >= 4 is 23.3 Å². The standard InChI is InChI=1S/C16H16N2O2S/c1-11-13-8-10-21-14(13)7-9-18(11)16(20)17-15(19)12-5-3-2-4-6-12/h2-6,8,10-11H,7,9H2,1H3,(H,17,19,20)/t11-/m0/s1. The average Bonchev–Trinajstić information content (AvgIpc) is 2.98. The van der Waals surface area contributed by atoms with Crippen LogP contribution in [0.2, 0.25) is 0 Å². The SMILES string of the molecule is C[C@H]1c2ccsc2CCN1C(=O)NC(=O)c1ccccc1. The zero-order valence-corrected chi connectivity index (χ0v) is 12.5. The van der Waals surface area contributed by atoms with Crippen LogP contribution in [0, 0.1) is 0 Å². The predicted octanol–water partition coefficient (Wildman–Crippen LogP) is 3.22. The highest BCUT2D eigenvalue weighted by molar-refractivity contribution is 7.10. The number of benzene rings is 1. The molecule has 0 saturated heterocycles. The molecule has 1 aromatic heterocycles. The van der Waals surface area contributed by atoms with E-state index in [1.807, 2.05) is 13.0 Å². The second-order valence-electron chi connectivity index (χ2n) is 5.04. The van der Waals surface area contributed by atoms with Crippen LogP contribution in [0.3, 0.4) is 0 Å². The van der Waals surface area contributed by atoms with Gasteiger partial charge in [0.05, 0.1) is 6.04 Å². The first kappa shape index (κ1) is 13.8.